The van der Waals surface area contributed by atoms with Crippen LogP contribution in [-0.4, -0.2) is 26.5 Å². The van der Waals surface area contributed by atoms with Crippen molar-refractivity contribution in [1.29, 1.82) is 0 Å². The molecule has 0 bridgehead atoms. The Bertz CT molecular complexity index is 1250. The fourth-order valence-electron chi connectivity index (χ4n) is 4.22. The maximum absolute atomic E-state index is 13.2. The van der Waals surface area contributed by atoms with Gasteiger partial charge in [0.2, 0.25) is 0 Å². The molecule has 1 amide bonds. The van der Waals surface area contributed by atoms with Crippen molar-refractivity contribution in [3.63, 3.8) is 0 Å². The topological polar surface area (TPSA) is 59.8 Å². The fourth-order valence-corrected chi connectivity index (χ4v) is 5.19. The number of nitrogens with one attached hydrogen (secondary N) is 1. The van der Waals surface area contributed by atoms with Crippen LogP contribution in [0.5, 0.6) is 0 Å². The number of aromatic nitrogens is 3. The van der Waals surface area contributed by atoms with Crippen molar-refractivity contribution in [2.24, 2.45) is 0 Å². The Kier molecular flexibility index (Phi) is 6.39. The van der Waals surface area contributed by atoms with E-state index in [1.165, 1.54) is 25.0 Å². The van der Waals surface area contributed by atoms with Gasteiger partial charge in [0.25, 0.3) is 5.91 Å². The number of halogens is 1. The Hall–Kier alpha value is -3.19. The van der Waals surface area contributed by atoms with Gasteiger partial charge in [-0.3, -0.25) is 9.78 Å². The normalized spacial score (nSPS) is 14.1. The quantitative estimate of drug-likeness (QED) is 0.366. The third-order valence-corrected chi connectivity index (χ3v) is 7.09. The standard InChI is InChI=1S/C26H25FN4OS/c27-21-11-7-19(8-12-21)17-33-26-30-23-13-14-28-15-24(23)31(26)16-18-5-9-20(10-6-18)25(32)29-22-3-1-2-4-22/h5-15,22H,1-4,16-17H2,(H,29,32). The zero-order chi connectivity index (χ0) is 22.6. The molecule has 168 valence electrons. The lowest BCUT2D eigenvalue weighted by Gasteiger charge is -2.13. The second-order valence-electron chi connectivity index (χ2n) is 8.41. The van der Waals surface area contributed by atoms with Crippen LogP contribution in [0.4, 0.5) is 4.39 Å². The summed E-state index contributed by atoms with van der Waals surface area (Å²) in [5, 5.41) is 4.02. The Morgan fingerprint density at radius 1 is 1.03 bits per heavy atom. The van der Waals surface area contributed by atoms with Crippen molar-refractivity contribution in [2.45, 2.75) is 49.2 Å². The van der Waals surface area contributed by atoms with Crippen LogP contribution in [0, 0.1) is 5.82 Å². The van der Waals surface area contributed by atoms with Crippen LogP contribution in [-0.2, 0) is 12.3 Å². The van der Waals surface area contributed by atoms with Crippen molar-refractivity contribution in [1.82, 2.24) is 19.9 Å². The number of imidazole rings is 1. The number of nitrogens with zero attached hydrogens (tertiary/aromatic N) is 3. The van der Waals surface area contributed by atoms with E-state index in [1.807, 2.05) is 36.5 Å². The number of hydrogen-bond acceptors (Lipinski definition) is 4. The minimum Gasteiger partial charge on any atom is -0.349 e. The monoisotopic (exact) mass is 460 g/mol. The van der Waals surface area contributed by atoms with Gasteiger partial charge in [0.05, 0.1) is 23.8 Å². The molecule has 7 heteroatoms. The molecule has 33 heavy (non-hydrogen) atoms. The summed E-state index contributed by atoms with van der Waals surface area (Å²) in [6.45, 7) is 0.623. The maximum Gasteiger partial charge on any atom is 0.251 e. The van der Waals surface area contributed by atoms with Gasteiger partial charge in [0.1, 0.15) is 5.82 Å². The first kappa shape index (κ1) is 21.6. The van der Waals surface area contributed by atoms with Crippen molar-refractivity contribution in [3.8, 4) is 0 Å². The number of amides is 1. The molecule has 0 atom stereocenters. The highest BCUT2D eigenvalue weighted by Crippen LogP contribution is 2.27. The summed E-state index contributed by atoms with van der Waals surface area (Å²) in [5.41, 5.74) is 4.66. The number of carbonyl (C=O) groups is 1. The summed E-state index contributed by atoms with van der Waals surface area (Å²) in [6, 6.07) is 16.6. The number of carbonyl (C=O) groups excluding carboxylic acids is 1. The van der Waals surface area contributed by atoms with Crippen molar-refractivity contribution >= 4 is 28.7 Å². The summed E-state index contributed by atoms with van der Waals surface area (Å²) in [5.74, 6) is 0.459. The SMILES string of the molecule is O=C(NC1CCCC1)c1ccc(Cn2c(SCc3ccc(F)cc3)nc3ccncc32)cc1. The van der Waals surface area contributed by atoms with Gasteiger partial charge in [-0.1, -0.05) is 48.9 Å². The summed E-state index contributed by atoms with van der Waals surface area (Å²) in [4.78, 5) is 21.6. The second kappa shape index (κ2) is 9.75. The molecular weight excluding hydrogens is 435 g/mol. The van der Waals surface area contributed by atoms with Gasteiger partial charge in [-0.05, 0) is 54.3 Å². The van der Waals surface area contributed by atoms with Gasteiger partial charge in [-0.2, -0.15) is 0 Å². The average Bonchev–Trinajstić information content (AvgIpc) is 3.47. The molecule has 2 aromatic heterocycles. The highest BCUT2D eigenvalue weighted by molar-refractivity contribution is 7.98. The lowest BCUT2D eigenvalue weighted by Crippen LogP contribution is -2.32. The summed E-state index contributed by atoms with van der Waals surface area (Å²) < 4.78 is 15.4. The molecule has 0 radical (unpaired) electrons. The van der Waals surface area contributed by atoms with Crippen LogP contribution in [0.2, 0.25) is 0 Å². The molecule has 0 unspecified atom stereocenters. The van der Waals surface area contributed by atoms with Crippen LogP contribution in [0.15, 0.2) is 72.1 Å². The van der Waals surface area contributed by atoms with Crippen LogP contribution in [0.1, 0.15) is 47.2 Å². The van der Waals surface area contributed by atoms with E-state index in [1.54, 1.807) is 30.1 Å². The van der Waals surface area contributed by atoms with Gasteiger partial charge in [0, 0.05) is 23.6 Å². The number of pyridine rings is 1. The number of hydrogen-bond donors (Lipinski definition) is 1. The number of rotatable bonds is 7. The van der Waals surface area contributed by atoms with E-state index in [0.29, 0.717) is 23.9 Å². The van der Waals surface area contributed by atoms with Crippen molar-refractivity contribution in [3.05, 3.63) is 89.5 Å². The smallest absolute Gasteiger partial charge is 0.251 e. The third-order valence-electron chi connectivity index (χ3n) is 6.04. The first-order valence-corrected chi connectivity index (χ1v) is 12.2. The highest BCUT2D eigenvalue weighted by Gasteiger charge is 2.18. The van der Waals surface area contributed by atoms with E-state index in [2.05, 4.69) is 14.9 Å². The summed E-state index contributed by atoms with van der Waals surface area (Å²) in [6.07, 6.45) is 8.10. The van der Waals surface area contributed by atoms with E-state index in [0.717, 1.165) is 40.2 Å². The first-order valence-electron chi connectivity index (χ1n) is 11.2. The zero-order valence-electron chi connectivity index (χ0n) is 18.2. The maximum atomic E-state index is 13.2. The molecule has 1 aliphatic rings. The fraction of sp³-hybridized carbons (Fsp3) is 0.269. The van der Waals surface area contributed by atoms with Crippen LogP contribution in [0.3, 0.4) is 0 Å². The Labute approximate surface area is 196 Å². The molecular formula is C26H25FN4OS. The summed E-state index contributed by atoms with van der Waals surface area (Å²) in [7, 11) is 0. The summed E-state index contributed by atoms with van der Waals surface area (Å²) >= 11 is 1.61. The van der Waals surface area contributed by atoms with Gasteiger partial charge in [-0.15, -0.1) is 0 Å². The van der Waals surface area contributed by atoms with Crippen LogP contribution in [0.25, 0.3) is 11.0 Å². The van der Waals surface area contributed by atoms with Gasteiger partial charge in [-0.25, -0.2) is 9.37 Å². The predicted octanol–water partition coefficient (Wildman–Crippen LogP) is 5.58. The largest absolute Gasteiger partial charge is 0.349 e. The molecule has 1 saturated carbocycles. The van der Waals surface area contributed by atoms with Crippen molar-refractivity contribution < 1.29 is 9.18 Å². The van der Waals surface area contributed by atoms with Crippen LogP contribution < -0.4 is 5.32 Å². The van der Waals surface area contributed by atoms with E-state index in [4.69, 9.17) is 4.98 Å². The lowest BCUT2D eigenvalue weighted by atomic mass is 10.1. The average molecular weight is 461 g/mol. The molecule has 1 fully saturated rings. The Morgan fingerprint density at radius 3 is 2.52 bits per heavy atom. The first-order chi connectivity index (χ1) is 16.2. The molecule has 0 saturated heterocycles. The Morgan fingerprint density at radius 2 is 1.76 bits per heavy atom. The van der Waals surface area contributed by atoms with Gasteiger partial charge in [0.15, 0.2) is 5.16 Å². The molecule has 5 nitrogen and oxygen atoms in total. The van der Waals surface area contributed by atoms with E-state index in [-0.39, 0.29) is 11.7 Å². The van der Waals surface area contributed by atoms with Gasteiger partial charge >= 0.3 is 0 Å². The lowest BCUT2D eigenvalue weighted by molar-refractivity contribution is 0.0938. The van der Waals surface area contributed by atoms with Crippen molar-refractivity contribution in [2.75, 3.05) is 0 Å². The number of fused-ring (bicyclic) bond motifs is 1. The third kappa shape index (κ3) is 5.09. The Balaban J connectivity index is 1.33. The number of benzene rings is 2. The molecule has 4 aromatic rings. The molecule has 0 aliphatic heterocycles. The molecule has 1 aliphatic carbocycles. The van der Waals surface area contributed by atoms with E-state index < -0.39 is 0 Å². The second-order valence-corrected chi connectivity index (χ2v) is 9.35. The number of thioether (sulfide) groups is 1. The van der Waals surface area contributed by atoms with E-state index >= 15 is 0 Å². The highest BCUT2D eigenvalue weighted by atomic mass is 32.2. The van der Waals surface area contributed by atoms with E-state index in [9.17, 15) is 9.18 Å². The molecule has 2 heterocycles. The molecule has 0 spiro atoms. The predicted molar refractivity (Wildman–Crippen MR) is 129 cm³/mol. The molecule has 1 N–H and O–H groups in total. The molecule has 5 rings (SSSR count). The minimum absolute atomic E-state index is 0.00118. The van der Waals surface area contributed by atoms with Gasteiger partial charge < -0.3 is 9.88 Å². The molecule has 2 aromatic carbocycles. The minimum atomic E-state index is -0.234. The van der Waals surface area contributed by atoms with Crippen LogP contribution >= 0.6 is 11.8 Å². The zero-order valence-corrected chi connectivity index (χ0v) is 19.0.